The Morgan fingerprint density at radius 2 is 2.12 bits per heavy atom. The van der Waals surface area contributed by atoms with Gasteiger partial charge in [0.15, 0.2) is 0 Å². The lowest BCUT2D eigenvalue weighted by Crippen LogP contribution is -2.51. The van der Waals surface area contributed by atoms with Crippen LogP contribution in [0, 0.1) is 11.8 Å². The highest BCUT2D eigenvalue weighted by atomic mass is 16.2. The number of amides is 1. The predicted octanol–water partition coefficient (Wildman–Crippen LogP) is 1.64. The maximum atomic E-state index is 12.8. The van der Waals surface area contributed by atoms with Crippen molar-refractivity contribution in [1.82, 2.24) is 30.4 Å². The van der Waals surface area contributed by atoms with E-state index >= 15 is 0 Å². The third-order valence-corrected chi connectivity index (χ3v) is 5.87. The molecule has 0 saturated carbocycles. The predicted molar refractivity (Wildman–Crippen MR) is 91.3 cm³/mol. The Kier molecular flexibility index (Phi) is 5.81. The van der Waals surface area contributed by atoms with E-state index in [1.54, 1.807) is 11.0 Å². The van der Waals surface area contributed by atoms with Gasteiger partial charge in [-0.1, -0.05) is 26.7 Å². The summed E-state index contributed by atoms with van der Waals surface area (Å²) < 4.78 is 1.59. The summed E-state index contributed by atoms with van der Waals surface area (Å²) >= 11 is 0. The van der Waals surface area contributed by atoms with Gasteiger partial charge in [0.05, 0.1) is 0 Å². The smallest absolute Gasteiger partial charge is 0.245 e. The Balaban J connectivity index is 1.60. The molecular formula is C17H30N6O. The average Bonchev–Trinajstić information content (AvgIpc) is 3.14. The highest BCUT2D eigenvalue weighted by Gasteiger charge is 2.34. The molecule has 0 aromatic carbocycles. The number of carbonyl (C=O) groups excluding carboxylic acids is 1. The summed E-state index contributed by atoms with van der Waals surface area (Å²) in [6.07, 6.45) is 8.86. The van der Waals surface area contributed by atoms with Gasteiger partial charge in [-0.05, 0) is 61.0 Å². The second-order valence-corrected chi connectivity index (χ2v) is 7.37. The van der Waals surface area contributed by atoms with Crippen molar-refractivity contribution in [3.8, 4) is 0 Å². The minimum absolute atomic E-state index is 0.0459. The summed E-state index contributed by atoms with van der Waals surface area (Å²) in [6, 6.07) is 0.332. The molecule has 4 unspecified atom stereocenters. The van der Waals surface area contributed by atoms with Crippen LogP contribution in [0.15, 0.2) is 6.33 Å². The molecule has 1 N–H and O–H groups in total. The van der Waals surface area contributed by atoms with Gasteiger partial charge < -0.3 is 10.2 Å². The van der Waals surface area contributed by atoms with Gasteiger partial charge in [-0.3, -0.25) is 4.79 Å². The van der Waals surface area contributed by atoms with Gasteiger partial charge in [-0.25, -0.2) is 4.68 Å². The van der Waals surface area contributed by atoms with Crippen molar-refractivity contribution in [3.05, 3.63) is 6.33 Å². The summed E-state index contributed by atoms with van der Waals surface area (Å²) in [5.74, 6) is 0.824. The lowest BCUT2D eigenvalue weighted by molar-refractivity contribution is -0.126. The SMILES string of the molecule is CCC(C)C(C(=O)NCC1CCCN2CCCCC12)n1cnnn1. The molecule has 4 atom stereocenters. The second kappa shape index (κ2) is 8.05. The van der Waals surface area contributed by atoms with E-state index in [-0.39, 0.29) is 17.9 Å². The first-order valence-corrected chi connectivity index (χ1v) is 9.45. The van der Waals surface area contributed by atoms with Crippen molar-refractivity contribution in [1.29, 1.82) is 0 Å². The van der Waals surface area contributed by atoms with Crippen molar-refractivity contribution in [2.75, 3.05) is 19.6 Å². The van der Waals surface area contributed by atoms with Crippen molar-refractivity contribution in [2.24, 2.45) is 11.8 Å². The molecule has 2 saturated heterocycles. The highest BCUT2D eigenvalue weighted by Crippen LogP contribution is 2.30. The number of hydrogen-bond acceptors (Lipinski definition) is 5. The van der Waals surface area contributed by atoms with Crippen molar-refractivity contribution in [2.45, 2.75) is 64.5 Å². The number of carbonyl (C=O) groups is 1. The van der Waals surface area contributed by atoms with Crippen LogP contribution < -0.4 is 5.32 Å². The number of nitrogens with one attached hydrogen (secondary N) is 1. The topological polar surface area (TPSA) is 75.9 Å². The Bertz CT molecular complexity index is 517. The van der Waals surface area contributed by atoms with Crippen LogP contribution in [0.1, 0.15) is 58.4 Å². The van der Waals surface area contributed by atoms with Crippen LogP contribution >= 0.6 is 0 Å². The summed E-state index contributed by atoms with van der Waals surface area (Å²) in [4.78, 5) is 15.4. The molecule has 3 rings (SSSR count). The van der Waals surface area contributed by atoms with E-state index in [9.17, 15) is 4.79 Å². The number of hydrogen-bond donors (Lipinski definition) is 1. The van der Waals surface area contributed by atoms with Crippen LogP contribution in [0.25, 0.3) is 0 Å². The molecule has 1 aromatic heterocycles. The Morgan fingerprint density at radius 3 is 2.88 bits per heavy atom. The van der Waals surface area contributed by atoms with E-state index in [0.717, 1.165) is 13.0 Å². The Morgan fingerprint density at radius 1 is 1.29 bits per heavy atom. The van der Waals surface area contributed by atoms with Gasteiger partial charge in [-0.2, -0.15) is 0 Å². The number of piperidine rings is 2. The zero-order chi connectivity index (χ0) is 16.9. The van der Waals surface area contributed by atoms with Crippen LogP contribution in [0.3, 0.4) is 0 Å². The summed E-state index contributed by atoms with van der Waals surface area (Å²) in [5.41, 5.74) is 0. The van der Waals surface area contributed by atoms with E-state index in [1.165, 1.54) is 45.2 Å². The van der Waals surface area contributed by atoms with Crippen LogP contribution in [0.4, 0.5) is 0 Å². The molecule has 0 aliphatic carbocycles. The lowest BCUT2D eigenvalue weighted by atomic mass is 9.83. The zero-order valence-corrected chi connectivity index (χ0v) is 14.9. The molecule has 2 fully saturated rings. The largest absolute Gasteiger partial charge is 0.354 e. The van der Waals surface area contributed by atoms with E-state index in [2.05, 4.69) is 39.6 Å². The number of tetrazole rings is 1. The van der Waals surface area contributed by atoms with Gasteiger partial charge in [0, 0.05) is 12.6 Å². The van der Waals surface area contributed by atoms with E-state index in [4.69, 9.17) is 0 Å². The monoisotopic (exact) mass is 334 g/mol. The zero-order valence-electron chi connectivity index (χ0n) is 14.9. The molecule has 0 bridgehead atoms. The van der Waals surface area contributed by atoms with Crippen molar-refractivity contribution in [3.63, 3.8) is 0 Å². The van der Waals surface area contributed by atoms with Crippen LogP contribution in [-0.2, 0) is 4.79 Å². The van der Waals surface area contributed by atoms with E-state index in [1.807, 2.05) is 0 Å². The summed E-state index contributed by atoms with van der Waals surface area (Å²) in [5, 5.41) is 14.5. The molecule has 134 valence electrons. The van der Waals surface area contributed by atoms with Gasteiger partial charge >= 0.3 is 0 Å². The standard InChI is InChI=1S/C17H30N6O/c1-3-13(2)16(23-12-19-20-21-23)17(24)18-11-14-7-6-10-22-9-5-4-8-15(14)22/h12-16H,3-11H2,1-2H3,(H,18,24). The summed E-state index contributed by atoms with van der Waals surface area (Å²) in [7, 11) is 0. The fraction of sp³-hybridized carbons (Fsp3) is 0.882. The number of nitrogens with zero attached hydrogens (tertiary/aromatic N) is 5. The van der Waals surface area contributed by atoms with Crippen molar-refractivity contribution >= 4 is 5.91 Å². The molecule has 24 heavy (non-hydrogen) atoms. The van der Waals surface area contributed by atoms with Gasteiger partial charge in [0.25, 0.3) is 0 Å². The van der Waals surface area contributed by atoms with Crippen LogP contribution in [0.2, 0.25) is 0 Å². The third-order valence-electron chi connectivity index (χ3n) is 5.87. The molecular weight excluding hydrogens is 304 g/mol. The molecule has 0 radical (unpaired) electrons. The first kappa shape index (κ1) is 17.3. The fourth-order valence-corrected chi connectivity index (χ4v) is 4.31. The Hall–Kier alpha value is -1.50. The number of rotatable bonds is 6. The first-order chi connectivity index (χ1) is 11.7. The third kappa shape index (κ3) is 3.77. The number of fused-ring (bicyclic) bond motifs is 1. The minimum Gasteiger partial charge on any atom is -0.354 e. The highest BCUT2D eigenvalue weighted by molar-refractivity contribution is 5.80. The summed E-state index contributed by atoms with van der Waals surface area (Å²) in [6.45, 7) is 7.41. The van der Waals surface area contributed by atoms with Gasteiger partial charge in [0.2, 0.25) is 5.91 Å². The fourth-order valence-electron chi connectivity index (χ4n) is 4.31. The molecule has 0 spiro atoms. The normalized spacial score (nSPS) is 27.2. The lowest BCUT2D eigenvalue weighted by Gasteiger charge is -2.44. The van der Waals surface area contributed by atoms with Crippen LogP contribution in [-0.4, -0.2) is 56.7 Å². The van der Waals surface area contributed by atoms with Crippen LogP contribution in [0.5, 0.6) is 0 Å². The van der Waals surface area contributed by atoms with Gasteiger partial charge in [-0.15, -0.1) is 5.10 Å². The average molecular weight is 334 g/mol. The molecule has 7 heteroatoms. The van der Waals surface area contributed by atoms with E-state index in [0.29, 0.717) is 12.0 Å². The molecule has 2 aliphatic rings. The quantitative estimate of drug-likeness (QED) is 0.856. The molecule has 2 aliphatic heterocycles. The second-order valence-electron chi connectivity index (χ2n) is 7.37. The Labute approximate surface area is 144 Å². The number of aromatic nitrogens is 4. The first-order valence-electron chi connectivity index (χ1n) is 9.45. The maximum Gasteiger partial charge on any atom is 0.245 e. The molecule has 1 aromatic rings. The molecule has 7 nitrogen and oxygen atoms in total. The molecule has 3 heterocycles. The van der Waals surface area contributed by atoms with E-state index < -0.39 is 0 Å². The minimum atomic E-state index is -0.323. The molecule has 1 amide bonds. The van der Waals surface area contributed by atoms with Crippen molar-refractivity contribution < 1.29 is 4.79 Å². The maximum absolute atomic E-state index is 12.8. The van der Waals surface area contributed by atoms with Gasteiger partial charge in [0.1, 0.15) is 12.4 Å².